The van der Waals surface area contributed by atoms with E-state index in [1.807, 2.05) is 19.9 Å². The van der Waals surface area contributed by atoms with Crippen LogP contribution in [0, 0.1) is 17.3 Å². The molecule has 0 amide bonds. The maximum atomic E-state index is 11.4. The van der Waals surface area contributed by atoms with Gasteiger partial charge in [0, 0.05) is 17.2 Å². The molecule has 2 nitrogen and oxygen atoms in total. The summed E-state index contributed by atoms with van der Waals surface area (Å²) in [4.78, 5) is 22.5. The highest BCUT2D eigenvalue weighted by atomic mass is 35.5. The van der Waals surface area contributed by atoms with Gasteiger partial charge in [-0.05, 0) is 29.4 Å². The van der Waals surface area contributed by atoms with Crippen molar-refractivity contribution in [3.8, 4) is 0 Å². The quantitative estimate of drug-likeness (QED) is 0.553. The molecular weight excluding hydrogens is 232 g/mol. The Morgan fingerprint density at radius 3 is 2.67 bits per heavy atom. The lowest BCUT2D eigenvalue weighted by Gasteiger charge is -1.97. The maximum absolute atomic E-state index is 11.4. The average Bonchev–Trinajstić information content (AvgIpc) is 2.47. The average molecular weight is 245 g/mol. The molecule has 2 rings (SSSR count). The Balaban J connectivity index is 2.15. The SMILES string of the molecule is CC1(C)C(C=C2CCSC2=O)C1C(=O)Cl. The fraction of sp³-hybridized carbons (Fsp3) is 0.636. The molecule has 0 N–H and O–H groups in total. The predicted molar refractivity (Wildman–Crippen MR) is 61.8 cm³/mol. The van der Waals surface area contributed by atoms with Crippen LogP contribution in [-0.2, 0) is 9.59 Å². The van der Waals surface area contributed by atoms with E-state index in [-0.39, 0.29) is 27.6 Å². The summed E-state index contributed by atoms with van der Waals surface area (Å²) in [5, 5.41) is -0.113. The van der Waals surface area contributed by atoms with E-state index in [9.17, 15) is 9.59 Å². The molecule has 2 atom stereocenters. The van der Waals surface area contributed by atoms with Crippen molar-refractivity contribution in [2.45, 2.75) is 20.3 Å². The Hall–Kier alpha value is -0.280. The van der Waals surface area contributed by atoms with Gasteiger partial charge in [0.2, 0.25) is 10.4 Å². The summed E-state index contributed by atoms with van der Waals surface area (Å²) in [5.74, 6) is 0.919. The van der Waals surface area contributed by atoms with Crippen molar-refractivity contribution in [1.82, 2.24) is 0 Å². The Labute approximate surface area is 98.4 Å². The molecule has 0 radical (unpaired) electrons. The highest BCUT2D eigenvalue weighted by molar-refractivity contribution is 8.14. The van der Waals surface area contributed by atoms with E-state index in [1.54, 1.807) is 0 Å². The van der Waals surface area contributed by atoms with Crippen LogP contribution >= 0.6 is 23.4 Å². The molecule has 1 aliphatic heterocycles. The van der Waals surface area contributed by atoms with Gasteiger partial charge < -0.3 is 0 Å². The van der Waals surface area contributed by atoms with Crippen LogP contribution in [0.25, 0.3) is 0 Å². The molecule has 4 heteroatoms. The van der Waals surface area contributed by atoms with Gasteiger partial charge in [-0.25, -0.2) is 0 Å². The van der Waals surface area contributed by atoms with Crippen LogP contribution in [-0.4, -0.2) is 16.1 Å². The molecule has 2 aliphatic rings. The zero-order valence-corrected chi connectivity index (χ0v) is 10.3. The molecule has 0 spiro atoms. The van der Waals surface area contributed by atoms with Crippen molar-refractivity contribution in [2.75, 3.05) is 5.75 Å². The molecule has 82 valence electrons. The van der Waals surface area contributed by atoms with E-state index in [2.05, 4.69) is 0 Å². The number of carbonyl (C=O) groups is 2. The molecule has 15 heavy (non-hydrogen) atoms. The summed E-state index contributed by atoms with van der Waals surface area (Å²) in [6.45, 7) is 4.04. The topological polar surface area (TPSA) is 34.1 Å². The standard InChI is InChI=1S/C11H13ClO2S/c1-11(2)7(8(11)9(12)13)5-6-3-4-15-10(6)14/h5,7-8H,3-4H2,1-2H3. The smallest absolute Gasteiger partial charge is 0.225 e. The van der Waals surface area contributed by atoms with Gasteiger partial charge in [-0.3, -0.25) is 9.59 Å². The van der Waals surface area contributed by atoms with Crippen molar-refractivity contribution in [1.29, 1.82) is 0 Å². The van der Waals surface area contributed by atoms with E-state index in [1.165, 1.54) is 11.8 Å². The Bertz CT molecular complexity index is 360. The summed E-state index contributed by atoms with van der Waals surface area (Å²) in [6, 6.07) is 0. The predicted octanol–water partition coefficient (Wildman–Crippen LogP) is 2.61. The Morgan fingerprint density at radius 2 is 2.27 bits per heavy atom. The zero-order chi connectivity index (χ0) is 11.2. The molecule has 0 bridgehead atoms. The van der Waals surface area contributed by atoms with E-state index in [4.69, 9.17) is 11.6 Å². The second kappa shape index (κ2) is 3.63. The number of halogens is 1. The van der Waals surface area contributed by atoms with Gasteiger partial charge in [-0.2, -0.15) is 0 Å². The van der Waals surface area contributed by atoms with Gasteiger partial charge in [-0.15, -0.1) is 0 Å². The summed E-state index contributed by atoms with van der Waals surface area (Å²) in [7, 11) is 0. The van der Waals surface area contributed by atoms with Crippen molar-refractivity contribution in [3.05, 3.63) is 11.6 Å². The summed E-state index contributed by atoms with van der Waals surface area (Å²) < 4.78 is 0. The van der Waals surface area contributed by atoms with Gasteiger partial charge in [0.25, 0.3) is 0 Å². The molecule has 1 aliphatic carbocycles. The number of rotatable bonds is 2. The molecule has 1 heterocycles. The molecule has 1 saturated heterocycles. The van der Waals surface area contributed by atoms with E-state index in [0.717, 1.165) is 17.7 Å². The van der Waals surface area contributed by atoms with E-state index < -0.39 is 0 Å². The van der Waals surface area contributed by atoms with Gasteiger partial charge >= 0.3 is 0 Å². The van der Waals surface area contributed by atoms with Crippen molar-refractivity contribution >= 4 is 33.7 Å². The first-order chi connectivity index (χ1) is 6.94. The zero-order valence-electron chi connectivity index (χ0n) is 8.75. The lowest BCUT2D eigenvalue weighted by atomic mass is 10.1. The minimum atomic E-state index is -0.278. The molecule has 0 aromatic carbocycles. The molecule has 1 saturated carbocycles. The minimum Gasteiger partial charge on any atom is -0.282 e. The third-order valence-corrected chi connectivity index (χ3v) is 4.57. The molecule has 2 fully saturated rings. The first-order valence-electron chi connectivity index (χ1n) is 5.01. The van der Waals surface area contributed by atoms with Crippen LogP contribution in [0.1, 0.15) is 20.3 Å². The van der Waals surface area contributed by atoms with Crippen LogP contribution in [0.15, 0.2) is 11.6 Å². The van der Waals surface area contributed by atoms with Crippen molar-refractivity contribution in [2.24, 2.45) is 17.3 Å². The summed E-state index contributed by atoms with van der Waals surface area (Å²) in [6.07, 6.45) is 2.80. The van der Waals surface area contributed by atoms with Crippen LogP contribution in [0.5, 0.6) is 0 Å². The largest absolute Gasteiger partial charge is 0.282 e. The lowest BCUT2D eigenvalue weighted by Crippen LogP contribution is -1.96. The molecule has 2 unspecified atom stereocenters. The third-order valence-electron chi connectivity index (χ3n) is 3.40. The lowest BCUT2D eigenvalue weighted by molar-refractivity contribution is -0.113. The molecule has 0 aromatic heterocycles. The maximum Gasteiger partial charge on any atom is 0.225 e. The second-order valence-corrected chi connectivity index (χ2v) is 6.15. The minimum absolute atomic E-state index is 0.0701. The van der Waals surface area contributed by atoms with Gasteiger partial charge in [0.1, 0.15) is 0 Å². The fourth-order valence-electron chi connectivity index (χ4n) is 2.24. The van der Waals surface area contributed by atoms with Gasteiger partial charge in [-0.1, -0.05) is 31.7 Å². The second-order valence-electron chi connectivity index (χ2n) is 4.71. The molecule has 0 aromatic rings. The Morgan fingerprint density at radius 1 is 1.60 bits per heavy atom. The number of hydrogen-bond acceptors (Lipinski definition) is 3. The number of carbonyl (C=O) groups excluding carboxylic acids is 2. The van der Waals surface area contributed by atoms with Crippen molar-refractivity contribution in [3.63, 3.8) is 0 Å². The van der Waals surface area contributed by atoms with E-state index >= 15 is 0 Å². The van der Waals surface area contributed by atoms with Crippen LogP contribution in [0.2, 0.25) is 0 Å². The van der Waals surface area contributed by atoms with Crippen molar-refractivity contribution < 1.29 is 9.59 Å². The monoisotopic (exact) mass is 244 g/mol. The first-order valence-corrected chi connectivity index (χ1v) is 6.38. The summed E-state index contributed by atoms with van der Waals surface area (Å²) >= 11 is 6.88. The number of allylic oxidation sites excluding steroid dienone is 1. The van der Waals surface area contributed by atoms with Gasteiger partial charge in [0.05, 0.1) is 0 Å². The normalized spacial score (nSPS) is 35.9. The summed E-state index contributed by atoms with van der Waals surface area (Å²) in [5.41, 5.74) is 0.804. The Kier molecular flexibility index (Phi) is 2.72. The number of thioether (sulfide) groups is 1. The fourth-order valence-corrected chi connectivity index (χ4v) is 3.52. The number of hydrogen-bond donors (Lipinski definition) is 0. The third kappa shape index (κ3) is 1.87. The highest BCUT2D eigenvalue weighted by Gasteiger charge is 2.60. The first kappa shape index (κ1) is 11.2. The van der Waals surface area contributed by atoms with Crippen LogP contribution in [0.4, 0.5) is 0 Å². The van der Waals surface area contributed by atoms with E-state index in [0.29, 0.717) is 0 Å². The molecular formula is C11H13ClO2S. The van der Waals surface area contributed by atoms with Crippen LogP contribution in [0.3, 0.4) is 0 Å². The van der Waals surface area contributed by atoms with Gasteiger partial charge in [0.15, 0.2) is 0 Å². The highest BCUT2D eigenvalue weighted by Crippen LogP contribution is 2.60. The van der Waals surface area contributed by atoms with Crippen LogP contribution < -0.4 is 0 Å².